The van der Waals surface area contributed by atoms with Gasteiger partial charge in [0.2, 0.25) is 0 Å². The van der Waals surface area contributed by atoms with Crippen molar-refractivity contribution in [3.63, 3.8) is 0 Å². The Bertz CT molecular complexity index is 1400. The number of carbonyl (C=O) groups is 1. The molecule has 0 aliphatic heterocycles. The van der Waals surface area contributed by atoms with Gasteiger partial charge in [0, 0.05) is 4.88 Å². The lowest BCUT2D eigenvalue weighted by Gasteiger charge is -2.12. The summed E-state index contributed by atoms with van der Waals surface area (Å²) in [7, 11) is -1.19. The van der Waals surface area contributed by atoms with Gasteiger partial charge in [0.15, 0.2) is 0 Å². The maximum Gasteiger partial charge on any atom is 0.337 e. The van der Waals surface area contributed by atoms with Crippen LogP contribution in [0.15, 0.2) is 89.1 Å². The van der Waals surface area contributed by atoms with Crippen LogP contribution in [-0.4, -0.2) is 28.6 Å². The molecular weight excluding hydrogens is 458 g/mol. The lowest BCUT2D eigenvalue weighted by Crippen LogP contribution is -2.12. The summed E-state index contributed by atoms with van der Waals surface area (Å²) in [6.45, 7) is 0. The molecule has 0 atom stereocenters. The third kappa shape index (κ3) is 4.92. The Kier molecular flexibility index (Phi) is 6.48. The van der Waals surface area contributed by atoms with Gasteiger partial charge in [-0.05, 0) is 53.1 Å². The van der Waals surface area contributed by atoms with E-state index in [0.29, 0.717) is 0 Å². The molecule has 0 aliphatic carbocycles. The fraction of sp³-hybridized carbons (Fsp3) is 0.0800. The third-order valence-corrected chi connectivity index (χ3v) is 7.96. The number of sulfonamides is 1. The van der Waals surface area contributed by atoms with E-state index in [1.54, 1.807) is 12.1 Å². The molecule has 0 spiro atoms. The van der Waals surface area contributed by atoms with Crippen molar-refractivity contribution in [1.82, 2.24) is 0 Å². The second kappa shape index (κ2) is 9.48. The number of esters is 1. The first-order chi connectivity index (χ1) is 15.9. The molecule has 8 heteroatoms. The fourth-order valence-electron chi connectivity index (χ4n) is 3.32. The number of rotatable bonds is 7. The molecule has 0 saturated carbocycles. The zero-order chi connectivity index (χ0) is 23.4. The van der Waals surface area contributed by atoms with Gasteiger partial charge in [-0.15, -0.1) is 11.3 Å². The lowest BCUT2D eigenvalue weighted by atomic mass is 10.0. The summed E-state index contributed by atoms with van der Waals surface area (Å²) in [5.74, 6) is -0.322. The van der Waals surface area contributed by atoms with Crippen LogP contribution in [0, 0.1) is 0 Å². The molecule has 0 aliphatic rings. The monoisotopic (exact) mass is 479 g/mol. The number of anilines is 1. The molecule has 4 aromatic rings. The van der Waals surface area contributed by atoms with E-state index in [4.69, 9.17) is 9.47 Å². The number of nitrogens with one attached hydrogen (secondary N) is 1. The Balaban J connectivity index is 1.61. The van der Waals surface area contributed by atoms with Crippen LogP contribution in [0.3, 0.4) is 0 Å². The quantitative estimate of drug-likeness (QED) is 0.345. The smallest absolute Gasteiger partial charge is 0.337 e. The molecular formula is C25H21NO5S2. The summed E-state index contributed by atoms with van der Waals surface area (Å²) < 4.78 is 38.7. The number of hydrogen-bond donors (Lipinski definition) is 1. The second-order valence-corrected chi connectivity index (χ2v) is 10.1. The summed E-state index contributed by atoms with van der Waals surface area (Å²) in [5, 5.41) is 0. The van der Waals surface area contributed by atoms with Crippen molar-refractivity contribution >= 4 is 33.0 Å². The van der Waals surface area contributed by atoms with Crippen molar-refractivity contribution in [1.29, 1.82) is 0 Å². The average molecular weight is 480 g/mol. The van der Waals surface area contributed by atoms with Gasteiger partial charge in [-0.3, -0.25) is 4.72 Å². The van der Waals surface area contributed by atoms with E-state index in [1.807, 2.05) is 54.6 Å². The van der Waals surface area contributed by atoms with Gasteiger partial charge in [-0.2, -0.15) is 0 Å². The van der Waals surface area contributed by atoms with E-state index in [0.717, 1.165) is 21.6 Å². The second-order valence-electron chi connectivity index (χ2n) is 7.08. The molecule has 3 aromatic carbocycles. The zero-order valence-corrected chi connectivity index (χ0v) is 19.6. The Morgan fingerprint density at radius 2 is 1.55 bits per heavy atom. The molecule has 0 unspecified atom stereocenters. The summed E-state index contributed by atoms with van der Waals surface area (Å²) in [6, 6.07) is 25.7. The Labute approximate surface area is 196 Å². The summed E-state index contributed by atoms with van der Waals surface area (Å²) >= 11 is 1.18. The van der Waals surface area contributed by atoms with Crippen LogP contribution < -0.4 is 9.46 Å². The van der Waals surface area contributed by atoms with Crippen molar-refractivity contribution in [2.24, 2.45) is 0 Å². The minimum Gasteiger partial charge on any atom is -0.495 e. The SMILES string of the molecule is COC(=O)c1ccc(NS(=O)(=O)c2ccc(-c3cccc(-c4ccccc4)c3)s2)c(OC)c1. The van der Waals surface area contributed by atoms with Crippen LogP contribution in [0.2, 0.25) is 0 Å². The van der Waals surface area contributed by atoms with E-state index in [-0.39, 0.29) is 21.2 Å². The molecule has 1 N–H and O–H groups in total. The lowest BCUT2D eigenvalue weighted by molar-refractivity contribution is 0.0600. The highest BCUT2D eigenvalue weighted by Crippen LogP contribution is 2.35. The average Bonchev–Trinajstić information content (AvgIpc) is 3.36. The van der Waals surface area contributed by atoms with Crippen LogP contribution in [-0.2, 0) is 14.8 Å². The predicted octanol–water partition coefficient (Wildman–Crippen LogP) is 5.68. The van der Waals surface area contributed by atoms with Gasteiger partial charge >= 0.3 is 5.97 Å². The van der Waals surface area contributed by atoms with Crippen molar-refractivity contribution in [3.05, 3.63) is 90.5 Å². The van der Waals surface area contributed by atoms with Gasteiger partial charge in [-0.25, -0.2) is 13.2 Å². The van der Waals surface area contributed by atoms with E-state index >= 15 is 0 Å². The van der Waals surface area contributed by atoms with E-state index in [1.165, 1.54) is 43.8 Å². The molecule has 33 heavy (non-hydrogen) atoms. The maximum atomic E-state index is 13.0. The number of methoxy groups -OCH3 is 2. The number of benzene rings is 3. The van der Waals surface area contributed by atoms with Gasteiger partial charge in [0.05, 0.1) is 25.5 Å². The van der Waals surface area contributed by atoms with E-state index in [2.05, 4.69) is 4.72 Å². The maximum absolute atomic E-state index is 13.0. The summed E-state index contributed by atoms with van der Waals surface area (Å²) in [6.07, 6.45) is 0. The largest absolute Gasteiger partial charge is 0.495 e. The number of carbonyl (C=O) groups excluding carboxylic acids is 1. The fourth-order valence-corrected chi connectivity index (χ4v) is 5.69. The Hall–Kier alpha value is -3.62. The first-order valence-electron chi connectivity index (χ1n) is 9.96. The van der Waals surface area contributed by atoms with Gasteiger partial charge in [0.25, 0.3) is 10.0 Å². The molecule has 168 valence electrons. The Morgan fingerprint density at radius 1 is 0.818 bits per heavy atom. The summed E-state index contributed by atoms with van der Waals surface area (Å²) in [4.78, 5) is 12.6. The van der Waals surface area contributed by atoms with E-state index in [9.17, 15) is 13.2 Å². The van der Waals surface area contributed by atoms with Crippen LogP contribution in [0.5, 0.6) is 5.75 Å². The zero-order valence-electron chi connectivity index (χ0n) is 17.9. The van der Waals surface area contributed by atoms with Crippen LogP contribution in [0.1, 0.15) is 10.4 Å². The topological polar surface area (TPSA) is 81.7 Å². The molecule has 0 saturated heterocycles. The van der Waals surface area contributed by atoms with Crippen molar-refractivity contribution in [2.75, 3.05) is 18.9 Å². The number of ether oxygens (including phenoxy) is 2. The van der Waals surface area contributed by atoms with Crippen LogP contribution in [0.4, 0.5) is 5.69 Å². The van der Waals surface area contributed by atoms with Crippen molar-refractivity contribution < 1.29 is 22.7 Å². The minimum absolute atomic E-state index is 0.168. The highest BCUT2D eigenvalue weighted by molar-refractivity contribution is 7.94. The van der Waals surface area contributed by atoms with Crippen LogP contribution in [0.25, 0.3) is 21.6 Å². The first-order valence-corrected chi connectivity index (χ1v) is 12.3. The van der Waals surface area contributed by atoms with E-state index < -0.39 is 16.0 Å². The first kappa shape index (κ1) is 22.6. The Morgan fingerprint density at radius 3 is 2.27 bits per heavy atom. The van der Waals surface area contributed by atoms with Gasteiger partial charge in [0.1, 0.15) is 9.96 Å². The molecule has 0 bridgehead atoms. The third-order valence-electron chi connectivity index (χ3n) is 4.97. The molecule has 4 rings (SSSR count). The normalized spacial score (nSPS) is 11.1. The highest BCUT2D eigenvalue weighted by Gasteiger charge is 2.20. The predicted molar refractivity (Wildman–Crippen MR) is 130 cm³/mol. The number of thiophene rings is 1. The standard InChI is InChI=1S/C25H21NO5S2/c1-30-22-16-20(25(27)31-2)11-12-21(22)26-33(28,29)24-14-13-23(32-24)19-10-6-9-18(15-19)17-7-4-3-5-8-17/h3-16,26H,1-2H3. The molecule has 0 amide bonds. The molecule has 0 radical (unpaired) electrons. The van der Waals surface area contributed by atoms with Crippen molar-refractivity contribution in [2.45, 2.75) is 4.21 Å². The van der Waals surface area contributed by atoms with Gasteiger partial charge in [-0.1, -0.05) is 48.5 Å². The summed E-state index contributed by atoms with van der Waals surface area (Å²) in [5.41, 5.74) is 3.57. The minimum atomic E-state index is -3.86. The van der Waals surface area contributed by atoms with Gasteiger partial charge < -0.3 is 9.47 Å². The molecule has 1 aromatic heterocycles. The number of hydrogen-bond acceptors (Lipinski definition) is 6. The van der Waals surface area contributed by atoms with Crippen molar-refractivity contribution in [3.8, 4) is 27.3 Å². The highest BCUT2D eigenvalue weighted by atomic mass is 32.2. The molecule has 6 nitrogen and oxygen atoms in total. The van der Waals surface area contributed by atoms with Crippen LogP contribution >= 0.6 is 11.3 Å². The molecule has 0 fully saturated rings. The molecule has 1 heterocycles.